The number of morpholine rings is 1. The molecule has 0 spiro atoms. The lowest BCUT2D eigenvalue weighted by Crippen LogP contribution is -2.36. The maximum absolute atomic E-state index is 12.6. The molecule has 0 atom stereocenters. The highest BCUT2D eigenvalue weighted by molar-refractivity contribution is 7.15. The first-order chi connectivity index (χ1) is 14.1. The number of carbonyl (C=O) groups is 1. The fourth-order valence-corrected chi connectivity index (χ4v) is 4.26. The van der Waals surface area contributed by atoms with E-state index < -0.39 is 0 Å². The van der Waals surface area contributed by atoms with Crippen molar-refractivity contribution < 1.29 is 9.53 Å². The second kappa shape index (κ2) is 9.09. The number of rotatable bonds is 5. The first kappa shape index (κ1) is 20.1. The van der Waals surface area contributed by atoms with Gasteiger partial charge in [0, 0.05) is 42.5 Å². The second-order valence-electron chi connectivity index (χ2n) is 6.47. The predicted octanol–water partition coefficient (Wildman–Crippen LogP) is 4.52. The van der Waals surface area contributed by atoms with E-state index >= 15 is 0 Å². The standard InChI is InChI=1S/C20H18Cl2N4O2S/c21-16-3-1-2-13(18(16)22)10-15-12-24-20(29-15)25-19(27)17-11-14(4-5-23-17)26-6-8-28-9-7-26/h1-5,11-12H,6-10H2,(H,24,25,27). The number of amides is 1. The molecule has 0 radical (unpaired) electrons. The Kier molecular flexibility index (Phi) is 6.30. The molecule has 9 heteroatoms. The first-order valence-corrected chi connectivity index (χ1v) is 10.6. The molecule has 3 aromatic rings. The lowest BCUT2D eigenvalue weighted by atomic mass is 10.1. The summed E-state index contributed by atoms with van der Waals surface area (Å²) in [5.74, 6) is -0.290. The third-order valence-electron chi connectivity index (χ3n) is 4.52. The molecule has 29 heavy (non-hydrogen) atoms. The average Bonchev–Trinajstić information content (AvgIpc) is 3.19. The molecule has 3 heterocycles. The van der Waals surface area contributed by atoms with Gasteiger partial charge in [0.15, 0.2) is 5.13 Å². The highest BCUT2D eigenvalue weighted by atomic mass is 35.5. The van der Waals surface area contributed by atoms with Gasteiger partial charge in [-0.2, -0.15) is 0 Å². The minimum atomic E-state index is -0.290. The van der Waals surface area contributed by atoms with E-state index in [-0.39, 0.29) is 5.91 Å². The number of thiazole rings is 1. The molecule has 0 saturated carbocycles. The molecule has 2 aromatic heterocycles. The van der Waals surface area contributed by atoms with Gasteiger partial charge in [-0.05, 0) is 23.8 Å². The van der Waals surface area contributed by atoms with Crippen LogP contribution in [-0.4, -0.2) is 42.2 Å². The molecule has 1 amide bonds. The summed E-state index contributed by atoms with van der Waals surface area (Å²) in [5, 5.41) is 4.40. The molecule has 150 valence electrons. The van der Waals surface area contributed by atoms with Crippen molar-refractivity contribution >= 4 is 51.3 Å². The Morgan fingerprint density at radius 2 is 2.03 bits per heavy atom. The SMILES string of the molecule is O=C(Nc1ncc(Cc2cccc(Cl)c2Cl)s1)c1cc(N2CCOCC2)ccn1. The minimum Gasteiger partial charge on any atom is -0.378 e. The fourth-order valence-electron chi connectivity index (χ4n) is 3.04. The lowest BCUT2D eigenvalue weighted by Gasteiger charge is -2.28. The molecule has 4 rings (SSSR count). The van der Waals surface area contributed by atoms with Crippen LogP contribution < -0.4 is 10.2 Å². The van der Waals surface area contributed by atoms with E-state index in [1.54, 1.807) is 24.5 Å². The normalized spacial score (nSPS) is 14.1. The van der Waals surface area contributed by atoms with Crippen LogP contribution in [-0.2, 0) is 11.2 Å². The largest absolute Gasteiger partial charge is 0.378 e. The zero-order valence-corrected chi connectivity index (χ0v) is 17.7. The van der Waals surface area contributed by atoms with Crippen molar-refractivity contribution in [1.29, 1.82) is 0 Å². The van der Waals surface area contributed by atoms with Gasteiger partial charge in [-0.1, -0.05) is 35.3 Å². The van der Waals surface area contributed by atoms with Crippen molar-refractivity contribution in [1.82, 2.24) is 9.97 Å². The number of carbonyl (C=O) groups excluding carboxylic acids is 1. The predicted molar refractivity (Wildman–Crippen MR) is 117 cm³/mol. The van der Waals surface area contributed by atoms with Gasteiger partial charge in [-0.25, -0.2) is 4.98 Å². The van der Waals surface area contributed by atoms with Crippen LogP contribution in [0, 0.1) is 0 Å². The molecule has 0 unspecified atom stereocenters. The number of nitrogens with one attached hydrogen (secondary N) is 1. The average molecular weight is 449 g/mol. The molecule has 6 nitrogen and oxygen atoms in total. The summed E-state index contributed by atoms with van der Waals surface area (Å²) in [6.45, 7) is 2.96. The quantitative estimate of drug-likeness (QED) is 0.620. The zero-order valence-electron chi connectivity index (χ0n) is 15.4. The Labute approximate surface area is 182 Å². The Balaban J connectivity index is 1.43. The summed E-state index contributed by atoms with van der Waals surface area (Å²) in [6.07, 6.45) is 3.97. The van der Waals surface area contributed by atoms with E-state index in [0.717, 1.165) is 29.2 Å². The van der Waals surface area contributed by atoms with Gasteiger partial charge < -0.3 is 9.64 Å². The van der Waals surface area contributed by atoms with Crippen molar-refractivity contribution in [3.63, 3.8) is 0 Å². The number of nitrogens with zero attached hydrogens (tertiary/aromatic N) is 3. The molecular weight excluding hydrogens is 431 g/mol. The van der Waals surface area contributed by atoms with Crippen molar-refractivity contribution in [2.45, 2.75) is 6.42 Å². The van der Waals surface area contributed by atoms with Crippen LogP contribution in [0.5, 0.6) is 0 Å². The van der Waals surface area contributed by atoms with Crippen LogP contribution in [0.25, 0.3) is 0 Å². The maximum Gasteiger partial charge on any atom is 0.276 e. The number of pyridine rings is 1. The number of hydrogen-bond donors (Lipinski definition) is 1. The van der Waals surface area contributed by atoms with Gasteiger partial charge in [0.25, 0.3) is 5.91 Å². The third-order valence-corrected chi connectivity index (χ3v) is 6.29. The van der Waals surface area contributed by atoms with Crippen LogP contribution in [0.2, 0.25) is 10.0 Å². The summed E-state index contributed by atoms with van der Waals surface area (Å²) >= 11 is 13.7. The highest BCUT2D eigenvalue weighted by Crippen LogP contribution is 2.29. The Bertz CT molecular complexity index is 1020. The molecular formula is C20H18Cl2N4O2S. The number of benzene rings is 1. The Hall–Kier alpha value is -2.19. The molecule has 1 saturated heterocycles. The molecule has 1 fully saturated rings. The van der Waals surface area contributed by atoms with Gasteiger partial charge in [-0.3, -0.25) is 15.1 Å². The Morgan fingerprint density at radius 3 is 2.86 bits per heavy atom. The fraction of sp³-hybridized carbons (Fsp3) is 0.250. The summed E-state index contributed by atoms with van der Waals surface area (Å²) in [5.41, 5.74) is 2.23. The number of halogens is 2. The van der Waals surface area contributed by atoms with Crippen molar-refractivity contribution in [2.75, 3.05) is 36.5 Å². The number of hydrogen-bond acceptors (Lipinski definition) is 6. The molecule has 1 N–H and O–H groups in total. The van der Waals surface area contributed by atoms with Gasteiger partial charge in [0.05, 0.1) is 23.3 Å². The van der Waals surface area contributed by atoms with Crippen molar-refractivity contribution in [2.24, 2.45) is 0 Å². The minimum absolute atomic E-state index is 0.290. The van der Waals surface area contributed by atoms with Gasteiger partial charge in [-0.15, -0.1) is 11.3 Å². The number of ether oxygens (including phenoxy) is 1. The maximum atomic E-state index is 12.6. The van der Waals surface area contributed by atoms with Crippen molar-refractivity contribution in [3.8, 4) is 0 Å². The van der Waals surface area contributed by atoms with E-state index in [9.17, 15) is 4.79 Å². The molecule has 1 aromatic carbocycles. The molecule has 1 aliphatic heterocycles. The van der Waals surface area contributed by atoms with Crippen LogP contribution in [0.15, 0.2) is 42.7 Å². The molecule has 0 bridgehead atoms. The third kappa shape index (κ3) is 4.87. The van der Waals surface area contributed by atoms with Crippen molar-refractivity contribution in [3.05, 3.63) is 68.9 Å². The molecule has 1 aliphatic rings. The van der Waals surface area contributed by atoms with Gasteiger partial charge in [0.2, 0.25) is 0 Å². The van der Waals surface area contributed by atoms with Gasteiger partial charge >= 0.3 is 0 Å². The number of anilines is 2. The topological polar surface area (TPSA) is 67.4 Å². The van der Waals surface area contributed by atoms with Crippen LogP contribution >= 0.6 is 34.5 Å². The van der Waals surface area contributed by atoms with Crippen LogP contribution in [0.4, 0.5) is 10.8 Å². The van der Waals surface area contributed by atoms with Crippen LogP contribution in [0.1, 0.15) is 20.9 Å². The highest BCUT2D eigenvalue weighted by Gasteiger charge is 2.16. The monoisotopic (exact) mass is 448 g/mol. The first-order valence-electron chi connectivity index (χ1n) is 9.08. The van der Waals surface area contributed by atoms with E-state index in [1.807, 2.05) is 18.2 Å². The van der Waals surface area contributed by atoms with E-state index in [0.29, 0.717) is 40.5 Å². The summed E-state index contributed by atoms with van der Waals surface area (Å²) in [4.78, 5) is 24.3. The van der Waals surface area contributed by atoms with E-state index in [2.05, 4.69) is 20.2 Å². The van der Waals surface area contributed by atoms with E-state index in [4.69, 9.17) is 27.9 Å². The smallest absolute Gasteiger partial charge is 0.276 e. The lowest BCUT2D eigenvalue weighted by molar-refractivity contribution is 0.102. The number of aromatic nitrogens is 2. The summed E-state index contributed by atoms with van der Waals surface area (Å²) < 4.78 is 5.38. The van der Waals surface area contributed by atoms with E-state index in [1.165, 1.54) is 11.3 Å². The van der Waals surface area contributed by atoms with Gasteiger partial charge in [0.1, 0.15) is 5.69 Å². The second-order valence-corrected chi connectivity index (χ2v) is 8.37. The zero-order chi connectivity index (χ0) is 20.2. The molecule has 0 aliphatic carbocycles. The summed E-state index contributed by atoms with van der Waals surface area (Å²) in [6, 6.07) is 9.23. The summed E-state index contributed by atoms with van der Waals surface area (Å²) in [7, 11) is 0. The van der Waals surface area contributed by atoms with Crippen LogP contribution in [0.3, 0.4) is 0 Å². The Morgan fingerprint density at radius 1 is 1.21 bits per heavy atom.